The lowest BCUT2D eigenvalue weighted by atomic mass is 10.2. The van der Waals surface area contributed by atoms with Crippen LogP contribution >= 0.6 is 34.8 Å². The summed E-state index contributed by atoms with van der Waals surface area (Å²) in [5.74, 6) is 5.36. The van der Waals surface area contributed by atoms with Gasteiger partial charge in [-0.2, -0.15) is 0 Å². The molecule has 15 heavy (non-hydrogen) atoms. The fourth-order valence-corrected chi connectivity index (χ4v) is 2.11. The smallest absolute Gasteiger partial charge is 0.0925 e. The Bertz CT molecular complexity index is 527. The van der Waals surface area contributed by atoms with Gasteiger partial charge < -0.3 is 5.43 Å². The Kier molecular flexibility index (Phi) is 2.89. The van der Waals surface area contributed by atoms with Crippen molar-refractivity contribution >= 4 is 51.4 Å². The summed E-state index contributed by atoms with van der Waals surface area (Å²) in [5, 5.41) is 1.83. The zero-order valence-corrected chi connectivity index (χ0v) is 9.66. The molecule has 0 amide bonds. The lowest BCUT2D eigenvalue weighted by molar-refractivity contribution is 1.33. The van der Waals surface area contributed by atoms with Gasteiger partial charge in [0.15, 0.2) is 0 Å². The van der Waals surface area contributed by atoms with Gasteiger partial charge in [-0.25, -0.2) is 0 Å². The van der Waals surface area contributed by atoms with Crippen LogP contribution in [0, 0.1) is 0 Å². The molecule has 0 spiro atoms. The van der Waals surface area contributed by atoms with Crippen molar-refractivity contribution in [1.82, 2.24) is 4.98 Å². The average molecular weight is 263 g/mol. The van der Waals surface area contributed by atoms with Crippen molar-refractivity contribution in [3.05, 3.63) is 33.4 Å². The molecule has 0 saturated carbocycles. The monoisotopic (exact) mass is 261 g/mol. The number of nitrogens with zero attached hydrogens (tertiary/aromatic N) is 1. The molecular weight excluding hydrogens is 256 g/mol. The van der Waals surface area contributed by atoms with Gasteiger partial charge >= 0.3 is 0 Å². The van der Waals surface area contributed by atoms with E-state index in [0.717, 1.165) is 0 Å². The molecule has 1 aromatic carbocycles. The predicted molar refractivity (Wildman–Crippen MR) is 64.6 cm³/mol. The molecular formula is C9H6Cl3N3. The third-order valence-corrected chi connectivity index (χ3v) is 3.09. The molecule has 0 aliphatic rings. The standard InChI is InChI=1S/C9H6Cl3N3/c10-4-3-5(11)9-7(8(4)12)6(15-13)1-2-14-9/h1-3H,13H2,(H,14,15). The Morgan fingerprint density at radius 3 is 2.60 bits per heavy atom. The Morgan fingerprint density at radius 1 is 1.20 bits per heavy atom. The third kappa shape index (κ3) is 1.72. The van der Waals surface area contributed by atoms with Gasteiger partial charge in [-0.1, -0.05) is 34.8 Å². The van der Waals surface area contributed by atoms with Crippen molar-refractivity contribution < 1.29 is 0 Å². The number of halogens is 3. The fraction of sp³-hybridized carbons (Fsp3) is 0. The molecule has 3 nitrogen and oxygen atoms in total. The number of anilines is 1. The molecule has 0 aliphatic heterocycles. The minimum atomic E-state index is 0.374. The second kappa shape index (κ2) is 4.02. The number of nitrogen functional groups attached to an aromatic ring is 1. The second-order valence-corrected chi connectivity index (χ2v) is 4.07. The highest BCUT2D eigenvalue weighted by Gasteiger charge is 2.12. The first-order valence-electron chi connectivity index (χ1n) is 4.04. The molecule has 0 unspecified atom stereocenters. The van der Waals surface area contributed by atoms with Crippen molar-refractivity contribution in [2.24, 2.45) is 5.84 Å². The summed E-state index contributed by atoms with van der Waals surface area (Å²) in [5.41, 5.74) is 3.73. The third-order valence-electron chi connectivity index (χ3n) is 2.02. The van der Waals surface area contributed by atoms with E-state index < -0.39 is 0 Å². The van der Waals surface area contributed by atoms with E-state index in [1.807, 2.05) is 0 Å². The molecule has 3 N–H and O–H groups in total. The summed E-state index contributed by atoms with van der Waals surface area (Å²) in [6.45, 7) is 0. The highest BCUT2D eigenvalue weighted by atomic mass is 35.5. The van der Waals surface area contributed by atoms with Crippen molar-refractivity contribution in [3.8, 4) is 0 Å². The minimum Gasteiger partial charge on any atom is -0.323 e. The zero-order chi connectivity index (χ0) is 11.0. The van der Waals surface area contributed by atoms with E-state index in [0.29, 0.717) is 31.7 Å². The number of nitrogens with one attached hydrogen (secondary N) is 1. The van der Waals surface area contributed by atoms with Gasteiger partial charge in [-0.15, -0.1) is 0 Å². The van der Waals surface area contributed by atoms with Crippen LogP contribution in [0.25, 0.3) is 10.9 Å². The molecule has 2 aromatic rings. The van der Waals surface area contributed by atoms with Gasteiger partial charge in [0.1, 0.15) is 0 Å². The minimum absolute atomic E-state index is 0.374. The predicted octanol–water partition coefficient (Wildman–Crippen LogP) is 3.48. The SMILES string of the molecule is NNc1ccnc2c(Cl)cc(Cl)c(Cl)c12. The maximum Gasteiger partial charge on any atom is 0.0925 e. The molecule has 0 atom stereocenters. The molecule has 78 valence electrons. The number of benzene rings is 1. The number of aromatic nitrogens is 1. The number of hydrazine groups is 1. The lowest BCUT2D eigenvalue weighted by Gasteiger charge is -2.09. The second-order valence-electron chi connectivity index (χ2n) is 2.88. The zero-order valence-electron chi connectivity index (χ0n) is 7.39. The van der Waals surface area contributed by atoms with E-state index >= 15 is 0 Å². The Morgan fingerprint density at radius 2 is 1.93 bits per heavy atom. The van der Waals surface area contributed by atoms with Gasteiger partial charge in [-0.3, -0.25) is 10.8 Å². The van der Waals surface area contributed by atoms with Crippen LogP contribution in [0.1, 0.15) is 0 Å². The van der Waals surface area contributed by atoms with Gasteiger partial charge in [0.2, 0.25) is 0 Å². The van der Waals surface area contributed by atoms with Crippen LogP contribution in [-0.2, 0) is 0 Å². The summed E-state index contributed by atoms with van der Waals surface area (Å²) in [6, 6.07) is 3.25. The van der Waals surface area contributed by atoms with Gasteiger partial charge in [0.25, 0.3) is 0 Å². The average Bonchev–Trinajstić information content (AvgIpc) is 2.25. The summed E-state index contributed by atoms with van der Waals surface area (Å²) in [7, 11) is 0. The highest BCUT2D eigenvalue weighted by Crippen LogP contribution is 2.38. The summed E-state index contributed by atoms with van der Waals surface area (Å²) < 4.78 is 0. The number of nitrogens with two attached hydrogens (primary N) is 1. The van der Waals surface area contributed by atoms with Crippen LogP contribution in [-0.4, -0.2) is 4.98 Å². The van der Waals surface area contributed by atoms with Crippen LogP contribution in [0.3, 0.4) is 0 Å². The Balaban J connectivity index is 2.96. The quantitative estimate of drug-likeness (QED) is 0.470. The van der Waals surface area contributed by atoms with Crippen LogP contribution in [0.5, 0.6) is 0 Å². The largest absolute Gasteiger partial charge is 0.323 e. The van der Waals surface area contributed by atoms with E-state index in [1.54, 1.807) is 18.3 Å². The molecule has 0 bridgehead atoms. The van der Waals surface area contributed by atoms with Gasteiger partial charge in [-0.05, 0) is 12.1 Å². The maximum atomic E-state index is 6.06. The first-order valence-corrected chi connectivity index (χ1v) is 5.17. The van der Waals surface area contributed by atoms with E-state index in [9.17, 15) is 0 Å². The highest BCUT2D eigenvalue weighted by molar-refractivity contribution is 6.48. The van der Waals surface area contributed by atoms with E-state index in [2.05, 4.69) is 10.4 Å². The van der Waals surface area contributed by atoms with Crippen molar-refractivity contribution in [2.45, 2.75) is 0 Å². The molecule has 0 fully saturated rings. The van der Waals surface area contributed by atoms with Crippen LogP contribution in [0.4, 0.5) is 5.69 Å². The number of rotatable bonds is 1. The maximum absolute atomic E-state index is 6.06. The fourth-order valence-electron chi connectivity index (χ4n) is 1.35. The topological polar surface area (TPSA) is 50.9 Å². The van der Waals surface area contributed by atoms with E-state index in [1.165, 1.54) is 0 Å². The molecule has 1 heterocycles. The number of fused-ring (bicyclic) bond motifs is 1. The van der Waals surface area contributed by atoms with E-state index in [4.69, 9.17) is 40.6 Å². The van der Waals surface area contributed by atoms with Crippen molar-refractivity contribution in [2.75, 3.05) is 5.43 Å². The summed E-state index contributed by atoms with van der Waals surface area (Å²) in [6.07, 6.45) is 1.59. The molecule has 1 aromatic heterocycles. The lowest BCUT2D eigenvalue weighted by Crippen LogP contribution is -2.07. The Labute approximate surface area is 101 Å². The van der Waals surface area contributed by atoms with Crippen LogP contribution < -0.4 is 11.3 Å². The first kappa shape index (κ1) is 10.8. The van der Waals surface area contributed by atoms with Gasteiger partial charge in [0.05, 0.1) is 26.3 Å². The van der Waals surface area contributed by atoms with E-state index in [-0.39, 0.29) is 0 Å². The summed E-state index contributed by atoms with van der Waals surface area (Å²) >= 11 is 18.0. The molecule has 0 saturated heterocycles. The summed E-state index contributed by atoms with van der Waals surface area (Å²) in [4.78, 5) is 4.12. The van der Waals surface area contributed by atoms with Gasteiger partial charge in [0, 0.05) is 11.6 Å². The first-order chi connectivity index (χ1) is 7.15. The van der Waals surface area contributed by atoms with Crippen LogP contribution in [0.15, 0.2) is 18.3 Å². The van der Waals surface area contributed by atoms with Crippen molar-refractivity contribution in [3.63, 3.8) is 0 Å². The normalized spacial score (nSPS) is 10.7. The molecule has 2 rings (SSSR count). The number of hydrogen-bond donors (Lipinski definition) is 2. The Hall–Kier alpha value is -0.740. The van der Waals surface area contributed by atoms with Crippen LogP contribution in [0.2, 0.25) is 15.1 Å². The number of hydrogen-bond acceptors (Lipinski definition) is 3. The molecule has 0 aliphatic carbocycles. The molecule has 6 heteroatoms. The molecule has 0 radical (unpaired) electrons. The number of pyridine rings is 1. The van der Waals surface area contributed by atoms with Crippen molar-refractivity contribution in [1.29, 1.82) is 0 Å².